The van der Waals surface area contributed by atoms with Crippen LogP contribution in [0.3, 0.4) is 0 Å². The number of carbonyl (C=O) groups is 1. The highest BCUT2D eigenvalue weighted by molar-refractivity contribution is 5.73. The molecule has 2 aromatic heterocycles. The van der Waals surface area contributed by atoms with Gasteiger partial charge >= 0.3 is 6.03 Å². The third-order valence-corrected chi connectivity index (χ3v) is 2.46. The molecule has 6 heteroatoms. The Kier molecular flexibility index (Phi) is 4.39. The second-order valence-electron chi connectivity index (χ2n) is 3.82. The molecule has 6 nitrogen and oxygen atoms in total. The number of hydrogen-bond acceptors (Lipinski definition) is 4. The van der Waals surface area contributed by atoms with Crippen LogP contribution in [0.25, 0.3) is 0 Å². The molecule has 0 radical (unpaired) electrons. The summed E-state index contributed by atoms with van der Waals surface area (Å²) in [6.07, 6.45) is 3.23. The average Bonchev–Trinajstić information content (AvgIpc) is 2.96. The van der Waals surface area contributed by atoms with Gasteiger partial charge in [-0.15, -0.1) is 0 Å². The van der Waals surface area contributed by atoms with Gasteiger partial charge < -0.3 is 19.8 Å². The smallest absolute Gasteiger partial charge is 0.315 e. The SMILES string of the molecule is COc1ccc(CNC(=O)NCc2ccco2)cn1. The minimum absolute atomic E-state index is 0.257. The molecule has 2 N–H and O–H groups in total. The quantitative estimate of drug-likeness (QED) is 0.858. The maximum Gasteiger partial charge on any atom is 0.315 e. The molecule has 0 saturated carbocycles. The summed E-state index contributed by atoms with van der Waals surface area (Å²) in [5.41, 5.74) is 0.897. The van der Waals surface area contributed by atoms with Crippen molar-refractivity contribution < 1.29 is 13.9 Å². The first-order valence-corrected chi connectivity index (χ1v) is 5.81. The van der Waals surface area contributed by atoms with E-state index < -0.39 is 0 Å². The molecule has 2 aromatic rings. The fraction of sp³-hybridized carbons (Fsp3) is 0.231. The van der Waals surface area contributed by atoms with Crippen molar-refractivity contribution in [3.05, 3.63) is 48.0 Å². The topological polar surface area (TPSA) is 76.4 Å². The predicted molar refractivity (Wildman–Crippen MR) is 68.6 cm³/mol. The maximum atomic E-state index is 11.5. The number of amides is 2. The first-order chi connectivity index (χ1) is 9.28. The molecule has 0 aliphatic heterocycles. The minimum atomic E-state index is -0.257. The molecule has 2 amide bonds. The number of nitrogens with zero attached hydrogens (tertiary/aromatic N) is 1. The van der Waals surface area contributed by atoms with Crippen molar-refractivity contribution in [2.75, 3.05) is 7.11 Å². The molecule has 19 heavy (non-hydrogen) atoms. The van der Waals surface area contributed by atoms with Crippen LogP contribution in [0.2, 0.25) is 0 Å². The van der Waals surface area contributed by atoms with Crippen LogP contribution in [-0.4, -0.2) is 18.1 Å². The van der Waals surface area contributed by atoms with Crippen LogP contribution in [-0.2, 0) is 13.1 Å². The molecular formula is C13H15N3O3. The van der Waals surface area contributed by atoms with Gasteiger partial charge in [-0.1, -0.05) is 6.07 Å². The molecule has 0 atom stereocenters. The number of nitrogens with one attached hydrogen (secondary N) is 2. The van der Waals surface area contributed by atoms with Gasteiger partial charge in [0.25, 0.3) is 0 Å². The van der Waals surface area contributed by atoms with Crippen molar-refractivity contribution in [3.63, 3.8) is 0 Å². The van der Waals surface area contributed by atoms with Crippen LogP contribution in [0.1, 0.15) is 11.3 Å². The summed E-state index contributed by atoms with van der Waals surface area (Å²) in [6.45, 7) is 0.765. The summed E-state index contributed by atoms with van der Waals surface area (Å²) in [7, 11) is 1.56. The van der Waals surface area contributed by atoms with Crippen LogP contribution < -0.4 is 15.4 Å². The normalized spacial score (nSPS) is 9.95. The summed E-state index contributed by atoms with van der Waals surface area (Å²) in [6, 6.07) is 6.91. The monoisotopic (exact) mass is 261 g/mol. The Bertz CT molecular complexity index is 508. The number of hydrogen-bond donors (Lipinski definition) is 2. The summed E-state index contributed by atoms with van der Waals surface area (Å²) in [5, 5.41) is 5.42. The van der Waals surface area contributed by atoms with E-state index in [0.717, 1.165) is 5.56 Å². The third kappa shape index (κ3) is 4.02. The number of urea groups is 1. The third-order valence-electron chi connectivity index (χ3n) is 2.46. The van der Waals surface area contributed by atoms with Crippen molar-refractivity contribution in [2.24, 2.45) is 0 Å². The molecule has 0 aliphatic rings. The zero-order valence-corrected chi connectivity index (χ0v) is 10.6. The average molecular weight is 261 g/mol. The maximum absolute atomic E-state index is 11.5. The van der Waals surface area contributed by atoms with Gasteiger partial charge in [0, 0.05) is 18.8 Å². The van der Waals surface area contributed by atoms with E-state index >= 15 is 0 Å². The summed E-state index contributed by atoms with van der Waals surface area (Å²) in [5.74, 6) is 1.26. The van der Waals surface area contributed by atoms with Crippen LogP contribution in [0, 0.1) is 0 Å². The highest BCUT2D eigenvalue weighted by atomic mass is 16.5. The van der Waals surface area contributed by atoms with Crippen molar-refractivity contribution in [1.82, 2.24) is 15.6 Å². The van der Waals surface area contributed by atoms with E-state index in [1.54, 1.807) is 37.8 Å². The summed E-state index contributed by atoms with van der Waals surface area (Å²) in [4.78, 5) is 15.6. The largest absolute Gasteiger partial charge is 0.481 e. The number of rotatable bonds is 5. The molecule has 0 fully saturated rings. The van der Waals surface area contributed by atoms with Crippen LogP contribution >= 0.6 is 0 Å². The molecule has 0 spiro atoms. The van der Waals surface area contributed by atoms with Crippen molar-refractivity contribution in [1.29, 1.82) is 0 Å². The van der Waals surface area contributed by atoms with E-state index in [0.29, 0.717) is 24.7 Å². The Morgan fingerprint density at radius 1 is 1.32 bits per heavy atom. The summed E-state index contributed by atoms with van der Waals surface area (Å²) < 4.78 is 10.1. The number of furan rings is 1. The lowest BCUT2D eigenvalue weighted by Crippen LogP contribution is -2.34. The Labute approximate surface area is 110 Å². The number of carbonyl (C=O) groups excluding carboxylic acids is 1. The predicted octanol–water partition coefficient (Wildman–Crippen LogP) is 1.68. The van der Waals surface area contributed by atoms with E-state index in [4.69, 9.17) is 9.15 Å². The first-order valence-electron chi connectivity index (χ1n) is 5.81. The van der Waals surface area contributed by atoms with Gasteiger partial charge in [0.05, 0.1) is 19.9 Å². The molecule has 0 saturated heterocycles. The highest BCUT2D eigenvalue weighted by Gasteiger charge is 2.02. The van der Waals surface area contributed by atoms with E-state index in [1.165, 1.54) is 0 Å². The second kappa shape index (κ2) is 6.44. The van der Waals surface area contributed by atoms with Crippen LogP contribution in [0.4, 0.5) is 4.79 Å². The van der Waals surface area contributed by atoms with Gasteiger partial charge in [0.15, 0.2) is 0 Å². The van der Waals surface area contributed by atoms with Crippen LogP contribution in [0.5, 0.6) is 5.88 Å². The Balaban J connectivity index is 1.73. The fourth-order valence-corrected chi connectivity index (χ4v) is 1.46. The molecule has 2 heterocycles. The highest BCUT2D eigenvalue weighted by Crippen LogP contribution is 2.06. The van der Waals surface area contributed by atoms with Gasteiger partial charge in [-0.05, 0) is 17.7 Å². The number of methoxy groups -OCH3 is 1. The van der Waals surface area contributed by atoms with E-state index in [-0.39, 0.29) is 6.03 Å². The van der Waals surface area contributed by atoms with Gasteiger partial charge in [0.1, 0.15) is 5.76 Å². The first kappa shape index (κ1) is 12.9. The molecule has 0 unspecified atom stereocenters. The van der Waals surface area contributed by atoms with E-state index in [2.05, 4.69) is 15.6 Å². The lowest BCUT2D eigenvalue weighted by molar-refractivity contribution is 0.239. The van der Waals surface area contributed by atoms with Gasteiger partial charge in [0.2, 0.25) is 5.88 Å². The Morgan fingerprint density at radius 2 is 2.16 bits per heavy atom. The molecule has 2 rings (SSSR count). The van der Waals surface area contributed by atoms with Crippen LogP contribution in [0.15, 0.2) is 41.1 Å². The zero-order valence-electron chi connectivity index (χ0n) is 10.6. The van der Waals surface area contributed by atoms with Crippen molar-refractivity contribution >= 4 is 6.03 Å². The van der Waals surface area contributed by atoms with Gasteiger partial charge in [-0.3, -0.25) is 0 Å². The second-order valence-corrected chi connectivity index (χ2v) is 3.82. The minimum Gasteiger partial charge on any atom is -0.481 e. The van der Waals surface area contributed by atoms with E-state index in [9.17, 15) is 4.79 Å². The Hall–Kier alpha value is -2.50. The standard InChI is InChI=1S/C13H15N3O3/c1-18-12-5-4-10(7-14-12)8-15-13(17)16-9-11-3-2-6-19-11/h2-7H,8-9H2,1H3,(H2,15,16,17). The zero-order chi connectivity index (χ0) is 13.5. The number of ether oxygens (including phenoxy) is 1. The van der Waals surface area contributed by atoms with E-state index in [1.807, 2.05) is 6.07 Å². The molecule has 0 aliphatic carbocycles. The van der Waals surface area contributed by atoms with Gasteiger partial charge in [-0.25, -0.2) is 9.78 Å². The molecule has 0 bridgehead atoms. The molecule has 100 valence electrons. The van der Waals surface area contributed by atoms with Crippen molar-refractivity contribution in [2.45, 2.75) is 13.1 Å². The van der Waals surface area contributed by atoms with Gasteiger partial charge in [-0.2, -0.15) is 0 Å². The summed E-state index contributed by atoms with van der Waals surface area (Å²) >= 11 is 0. The van der Waals surface area contributed by atoms with Crippen molar-refractivity contribution in [3.8, 4) is 5.88 Å². The number of pyridine rings is 1. The number of aromatic nitrogens is 1. The lowest BCUT2D eigenvalue weighted by atomic mass is 10.3. The molecular weight excluding hydrogens is 246 g/mol. The molecule has 0 aromatic carbocycles. The Morgan fingerprint density at radius 3 is 2.79 bits per heavy atom. The lowest BCUT2D eigenvalue weighted by Gasteiger charge is -2.06. The fourth-order valence-electron chi connectivity index (χ4n) is 1.46.